The van der Waals surface area contributed by atoms with Crippen molar-refractivity contribution in [2.45, 2.75) is 95.7 Å². The molecule has 9 rings (SSSR count). The molecule has 1 aromatic heterocycles. The van der Waals surface area contributed by atoms with Crippen molar-refractivity contribution >= 4 is 38.0 Å². The number of ether oxygens (including phenoxy) is 1. The number of allylic oxidation sites excluding steroid dienone is 2. The van der Waals surface area contributed by atoms with Crippen LogP contribution in [0.15, 0.2) is 133 Å². The third-order valence-electron chi connectivity index (χ3n) is 13.2. The van der Waals surface area contributed by atoms with Crippen LogP contribution in [0.1, 0.15) is 95.8 Å². The number of thiophene rings is 1. The van der Waals surface area contributed by atoms with Gasteiger partial charge in [0.05, 0.1) is 35.9 Å². The average molecular weight is 808 g/mol. The van der Waals surface area contributed by atoms with Gasteiger partial charge in [0.1, 0.15) is 0 Å². The Morgan fingerprint density at radius 3 is 2.49 bits per heavy atom. The Labute approximate surface area is 352 Å². The molecule has 6 nitrogen and oxygen atoms in total. The Hall–Kier alpha value is -4.47. The first-order valence-corrected chi connectivity index (χ1v) is 22.1. The molecule has 3 aliphatic carbocycles. The van der Waals surface area contributed by atoms with Crippen LogP contribution in [-0.4, -0.2) is 63.5 Å². The highest BCUT2D eigenvalue weighted by molar-refractivity contribution is 7.21. The van der Waals surface area contributed by atoms with E-state index in [1.165, 1.54) is 16.9 Å². The van der Waals surface area contributed by atoms with Crippen LogP contribution in [0.3, 0.4) is 0 Å². The van der Waals surface area contributed by atoms with Crippen LogP contribution in [-0.2, 0) is 24.3 Å². The summed E-state index contributed by atoms with van der Waals surface area (Å²) in [5, 5.41) is 39.4. The molecule has 306 valence electrons. The van der Waals surface area contributed by atoms with Crippen molar-refractivity contribution in [1.82, 2.24) is 4.90 Å². The Kier molecular flexibility index (Phi) is 12.6. The summed E-state index contributed by atoms with van der Waals surface area (Å²) in [5.41, 5.74) is 4.27. The van der Waals surface area contributed by atoms with Gasteiger partial charge in [-0.1, -0.05) is 122 Å². The number of ketones is 1. The summed E-state index contributed by atoms with van der Waals surface area (Å²) in [4.78, 5) is 17.7. The molecule has 6 aromatic rings. The lowest BCUT2D eigenvalue weighted by molar-refractivity contribution is -0.0922. The Morgan fingerprint density at radius 1 is 0.898 bits per heavy atom. The van der Waals surface area contributed by atoms with E-state index in [2.05, 4.69) is 91.6 Å². The molecule has 0 aliphatic heterocycles. The molecule has 3 aliphatic rings. The maximum atomic E-state index is 14.8. The smallest absolute Gasteiger partial charge is 0.203 e. The molecular formula is C52H57NO5S. The molecule has 0 radical (unpaired) electrons. The van der Waals surface area contributed by atoms with Crippen LogP contribution in [0.5, 0.6) is 0 Å². The Morgan fingerprint density at radius 2 is 1.66 bits per heavy atom. The van der Waals surface area contributed by atoms with Gasteiger partial charge in [-0.15, -0.1) is 11.3 Å². The SMILES string of the molecule is CC1=CCCC2(C)C(CCC2(O)CN(Cc2cccc3ccccc23)CC(O)COCc2ccccc2)c2ccc(cc2C(=O)c2cc3ccccc3s2)CC(O)CC1. The van der Waals surface area contributed by atoms with Gasteiger partial charge in [0.2, 0.25) is 5.78 Å². The highest BCUT2D eigenvalue weighted by Crippen LogP contribution is 2.59. The average Bonchev–Trinajstić information content (AvgIpc) is 3.78. The predicted molar refractivity (Wildman–Crippen MR) is 240 cm³/mol. The maximum absolute atomic E-state index is 14.8. The summed E-state index contributed by atoms with van der Waals surface area (Å²) >= 11 is 1.52. The van der Waals surface area contributed by atoms with Gasteiger partial charge in [-0.2, -0.15) is 0 Å². The quantitative estimate of drug-likeness (QED) is 0.0843. The van der Waals surface area contributed by atoms with Crippen molar-refractivity contribution in [1.29, 1.82) is 0 Å². The van der Waals surface area contributed by atoms with Crippen molar-refractivity contribution < 1.29 is 24.9 Å². The van der Waals surface area contributed by atoms with Crippen LogP contribution in [0.25, 0.3) is 20.9 Å². The number of benzene rings is 5. The summed E-state index contributed by atoms with van der Waals surface area (Å²) in [6.07, 6.45) is 5.69. The third kappa shape index (κ3) is 9.17. The van der Waals surface area contributed by atoms with E-state index in [1.54, 1.807) is 0 Å². The van der Waals surface area contributed by atoms with Crippen LogP contribution in [0.2, 0.25) is 0 Å². The zero-order valence-corrected chi connectivity index (χ0v) is 35.2. The van der Waals surface area contributed by atoms with Crippen molar-refractivity contribution in [3.8, 4) is 0 Å². The number of rotatable bonds is 12. The largest absolute Gasteiger partial charge is 0.393 e. The molecule has 59 heavy (non-hydrogen) atoms. The standard InChI is InChI=1S/C52H57NO5S/c1-36-12-11-26-51(2)47(45-24-22-38(28-42(54)23-21-36)29-46(45)50(56)49-30-40-16-7-9-20-48(40)59-49)25-27-52(51,57)35-53(31-41-18-10-17-39-15-6-8-19-44(39)41)32-43(55)34-58-33-37-13-4-3-5-14-37/h3-10,12-20,22,24,29-30,42-43,47,54-55,57H,11,21,23,25-28,31-35H2,1-2H3. The fourth-order valence-corrected chi connectivity index (χ4v) is 10.9. The van der Waals surface area contributed by atoms with Gasteiger partial charge >= 0.3 is 0 Å². The summed E-state index contributed by atoms with van der Waals surface area (Å²) in [5.74, 6) is -0.107. The molecule has 0 saturated heterocycles. The van der Waals surface area contributed by atoms with Crippen molar-refractivity contribution in [3.63, 3.8) is 0 Å². The van der Waals surface area contributed by atoms with E-state index >= 15 is 0 Å². The molecule has 5 aromatic carbocycles. The second-order valence-electron chi connectivity index (χ2n) is 17.4. The van der Waals surface area contributed by atoms with Crippen LogP contribution in [0, 0.1) is 5.41 Å². The fraction of sp³-hybridized carbons (Fsp3) is 0.365. The zero-order valence-electron chi connectivity index (χ0n) is 34.4. The van der Waals surface area contributed by atoms with E-state index in [0.29, 0.717) is 55.9 Å². The summed E-state index contributed by atoms with van der Waals surface area (Å²) < 4.78 is 7.11. The van der Waals surface area contributed by atoms with E-state index in [1.807, 2.05) is 54.6 Å². The first-order valence-electron chi connectivity index (χ1n) is 21.3. The molecule has 5 unspecified atom stereocenters. The van der Waals surface area contributed by atoms with Gasteiger partial charge in [-0.05, 0) is 114 Å². The van der Waals surface area contributed by atoms with Gasteiger partial charge in [-0.25, -0.2) is 0 Å². The number of carbonyl (C=O) groups excluding carboxylic acids is 1. The van der Waals surface area contributed by atoms with Crippen LogP contribution >= 0.6 is 11.3 Å². The summed E-state index contributed by atoms with van der Waals surface area (Å²) in [6, 6.07) is 41.1. The fourth-order valence-electron chi connectivity index (χ4n) is 9.89. The van der Waals surface area contributed by atoms with Gasteiger partial charge in [0.15, 0.2) is 0 Å². The van der Waals surface area contributed by atoms with Gasteiger partial charge in [-0.3, -0.25) is 9.69 Å². The highest BCUT2D eigenvalue weighted by atomic mass is 32.1. The van der Waals surface area contributed by atoms with E-state index in [4.69, 9.17) is 4.74 Å². The minimum absolute atomic E-state index is 0.00521. The number of aliphatic hydroxyl groups is 3. The molecule has 0 amide bonds. The zero-order chi connectivity index (χ0) is 41.0. The molecule has 5 atom stereocenters. The topological polar surface area (TPSA) is 90.2 Å². The van der Waals surface area contributed by atoms with Crippen LogP contribution in [0.4, 0.5) is 0 Å². The van der Waals surface area contributed by atoms with Crippen LogP contribution < -0.4 is 0 Å². The number of hydrogen-bond acceptors (Lipinski definition) is 7. The number of nitrogens with zero attached hydrogens (tertiary/aromatic N) is 1. The minimum atomic E-state index is -1.14. The van der Waals surface area contributed by atoms with Crippen molar-refractivity contribution in [2.75, 3.05) is 19.7 Å². The van der Waals surface area contributed by atoms with E-state index in [-0.39, 0.29) is 18.3 Å². The van der Waals surface area contributed by atoms with Crippen molar-refractivity contribution in [2.24, 2.45) is 5.41 Å². The first-order chi connectivity index (χ1) is 28.6. The molecule has 1 saturated carbocycles. The Bertz CT molecular complexity index is 2380. The molecule has 1 heterocycles. The molecule has 2 bridgehead atoms. The summed E-state index contributed by atoms with van der Waals surface area (Å²) in [7, 11) is 0. The highest BCUT2D eigenvalue weighted by Gasteiger charge is 2.57. The van der Waals surface area contributed by atoms with Crippen molar-refractivity contribution in [3.05, 3.63) is 166 Å². The number of fused-ring (bicyclic) bond motifs is 10. The molecule has 0 spiro atoms. The number of hydrogen-bond donors (Lipinski definition) is 3. The lowest BCUT2D eigenvalue weighted by Crippen LogP contribution is -2.53. The first kappa shape index (κ1) is 41.3. The molecule has 1 fully saturated rings. The normalized spacial score (nSPS) is 23.0. The molecular weight excluding hydrogens is 751 g/mol. The summed E-state index contributed by atoms with van der Waals surface area (Å²) in [6.45, 7) is 6.19. The monoisotopic (exact) mass is 807 g/mol. The van der Waals surface area contributed by atoms with Gasteiger partial charge in [0, 0.05) is 35.3 Å². The lowest BCUT2D eigenvalue weighted by atomic mass is 9.64. The van der Waals surface area contributed by atoms with E-state index in [9.17, 15) is 20.1 Å². The number of aliphatic hydroxyl groups excluding tert-OH is 2. The van der Waals surface area contributed by atoms with E-state index in [0.717, 1.165) is 68.8 Å². The Balaban J connectivity index is 1.15. The maximum Gasteiger partial charge on any atom is 0.203 e. The van der Waals surface area contributed by atoms with Gasteiger partial charge in [0.25, 0.3) is 0 Å². The second-order valence-corrected chi connectivity index (χ2v) is 18.5. The lowest BCUT2D eigenvalue weighted by Gasteiger charge is -2.46. The number of carbonyl (C=O) groups is 1. The minimum Gasteiger partial charge on any atom is -0.393 e. The molecule has 3 N–H and O–H groups in total. The van der Waals surface area contributed by atoms with Gasteiger partial charge < -0.3 is 20.1 Å². The molecule has 7 heteroatoms. The predicted octanol–water partition coefficient (Wildman–Crippen LogP) is 10.4. The van der Waals surface area contributed by atoms with E-state index < -0.39 is 23.2 Å². The third-order valence-corrected chi connectivity index (χ3v) is 14.3. The second kappa shape index (κ2) is 18.0.